The summed E-state index contributed by atoms with van der Waals surface area (Å²) in [4.78, 5) is 24.9. The summed E-state index contributed by atoms with van der Waals surface area (Å²) < 4.78 is 0. The highest BCUT2D eigenvalue weighted by atomic mass is 32.1. The standard InChI is InChI=1S/C21H20N2O2S/c1-14-7-8-16(15(2)11-14)12-22-21(25)18-5-3-4-6-19(18)23-20(24)17-9-10-26-13-17/h3-11,13H,12H2,1-2H3,(H,22,25)(H,23,24). The zero-order valence-electron chi connectivity index (χ0n) is 14.7. The van der Waals surface area contributed by atoms with Gasteiger partial charge in [-0.1, -0.05) is 35.9 Å². The summed E-state index contributed by atoms with van der Waals surface area (Å²) in [5.41, 5.74) is 4.94. The predicted molar refractivity (Wildman–Crippen MR) is 106 cm³/mol. The summed E-state index contributed by atoms with van der Waals surface area (Å²) in [6.07, 6.45) is 0. The molecule has 4 nitrogen and oxygen atoms in total. The number of para-hydroxylation sites is 1. The number of anilines is 1. The van der Waals surface area contributed by atoms with Crippen molar-refractivity contribution in [2.45, 2.75) is 20.4 Å². The van der Waals surface area contributed by atoms with Gasteiger partial charge in [-0.3, -0.25) is 9.59 Å². The lowest BCUT2D eigenvalue weighted by molar-refractivity contribution is 0.0951. The van der Waals surface area contributed by atoms with Crippen LogP contribution in [0.4, 0.5) is 5.69 Å². The number of rotatable bonds is 5. The number of hydrogen-bond donors (Lipinski definition) is 2. The van der Waals surface area contributed by atoms with Crippen molar-refractivity contribution in [2.75, 3.05) is 5.32 Å². The van der Waals surface area contributed by atoms with Crippen molar-refractivity contribution in [3.05, 3.63) is 87.1 Å². The van der Waals surface area contributed by atoms with Crippen LogP contribution in [0, 0.1) is 13.8 Å². The molecule has 26 heavy (non-hydrogen) atoms. The molecule has 132 valence electrons. The average molecular weight is 364 g/mol. The van der Waals surface area contributed by atoms with E-state index in [0.29, 0.717) is 23.4 Å². The SMILES string of the molecule is Cc1ccc(CNC(=O)c2ccccc2NC(=O)c2ccsc2)c(C)c1. The topological polar surface area (TPSA) is 58.2 Å². The summed E-state index contributed by atoms with van der Waals surface area (Å²) >= 11 is 1.46. The van der Waals surface area contributed by atoms with Crippen molar-refractivity contribution in [3.63, 3.8) is 0 Å². The van der Waals surface area contributed by atoms with Gasteiger partial charge in [0.05, 0.1) is 16.8 Å². The maximum atomic E-state index is 12.6. The van der Waals surface area contributed by atoms with Gasteiger partial charge in [0.2, 0.25) is 0 Å². The van der Waals surface area contributed by atoms with E-state index < -0.39 is 0 Å². The van der Waals surface area contributed by atoms with Crippen molar-refractivity contribution in [1.29, 1.82) is 0 Å². The molecule has 0 atom stereocenters. The molecule has 1 heterocycles. The third kappa shape index (κ3) is 4.18. The quantitative estimate of drug-likeness (QED) is 0.698. The van der Waals surface area contributed by atoms with E-state index in [9.17, 15) is 9.59 Å². The van der Waals surface area contributed by atoms with Crippen LogP contribution in [0.2, 0.25) is 0 Å². The van der Waals surface area contributed by atoms with E-state index in [0.717, 1.165) is 11.1 Å². The van der Waals surface area contributed by atoms with Crippen molar-refractivity contribution in [3.8, 4) is 0 Å². The zero-order chi connectivity index (χ0) is 18.5. The Hall–Kier alpha value is -2.92. The van der Waals surface area contributed by atoms with Gasteiger partial charge in [0.25, 0.3) is 11.8 Å². The van der Waals surface area contributed by atoms with E-state index in [1.807, 2.05) is 31.4 Å². The highest BCUT2D eigenvalue weighted by Gasteiger charge is 2.14. The molecule has 2 aromatic carbocycles. The Morgan fingerprint density at radius 1 is 1.00 bits per heavy atom. The van der Waals surface area contributed by atoms with E-state index in [1.165, 1.54) is 16.9 Å². The first-order valence-electron chi connectivity index (χ1n) is 8.31. The molecule has 0 aliphatic carbocycles. The van der Waals surface area contributed by atoms with Crippen LogP contribution in [0.1, 0.15) is 37.4 Å². The van der Waals surface area contributed by atoms with Gasteiger partial charge in [-0.2, -0.15) is 11.3 Å². The summed E-state index contributed by atoms with van der Waals surface area (Å²) in [6.45, 7) is 4.52. The van der Waals surface area contributed by atoms with E-state index in [4.69, 9.17) is 0 Å². The minimum atomic E-state index is -0.221. The second kappa shape index (κ2) is 7.97. The Balaban J connectivity index is 1.72. The molecule has 5 heteroatoms. The van der Waals surface area contributed by atoms with E-state index in [2.05, 4.69) is 16.7 Å². The number of carbonyl (C=O) groups excluding carboxylic acids is 2. The Kier molecular flexibility index (Phi) is 5.49. The van der Waals surface area contributed by atoms with Crippen LogP contribution in [-0.4, -0.2) is 11.8 Å². The molecule has 1 aromatic heterocycles. The Bertz CT molecular complexity index is 933. The Morgan fingerprint density at radius 2 is 1.81 bits per heavy atom. The first-order valence-corrected chi connectivity index (χ1v) is 9.26. The molecule has 0 aliphatic rings. The number of aryl methyl sites for hydroxylation is 2. The molecule has 3 aromatic rings. The molecule has 0 radical (unpaired) electrons. The maximum absolute atomic E-state index is 12.6. The van der Waals surface area contributed by atoms with Crippen LogP contribution in [0.25, 0.3) is 0 Å². The Labute approximate surface area is 156 Å². The van der Waals surface area contributed by atoms with E-state index in [-0.39, 0.29) is 11.8 Å². The molecule has 2 amide bonds. The van der Waals surface area contributed by atoms with Gasteiger partial charge in [0.1, 0.15) is 0 Å². The molecule has 2 N–H and O–H groups in total. The highest BCUT2D eigenvalue weighted by molar-refractivity contribution is 7.08. The smallest absolute Gasteiger partial charge is 0.256 e. The fourth-order valence-electron chi connectivity index (χ4n) is 2.69. The largest absolute Gasteiger partial charge is 0.348 e. The van der Waals surface area contributed by atoms with Crippen LogP contribution < -0.4 is 10.6 Å². The van der Waals surface area contributed by atoms with E-state index in [1.54, 1.807) is 35.7 Å². The van der Waals surface area contributed by atoms with Crippen LogP contribution in [0.5, 0.6) is 0 Å². The van der Waals surface area contributed by atoms with Gasteiger partial charge in [-0.15, -0.1) is 0 Å². The molecular formula is C21H20N2O2S. The van der Waals surface area contributed by atoms with Crippen LogP contribution >= 0.6 is 11.3 Å². The van der Waals surface area contributed by atoms with Crippen molar-refractivity contribution in [2.24, 2.45) is 0 Å². The molecule has 0 unspecified atom stereocenters. The fraction of sp³-hybridized carbons (Fsp3) is 0.143. The molecule has 3 rings (SSSR count). The number of nitrogens with one attached hydrogen (secondary N) is 2. The minimum absolute atomic E-state index is 0.216. The number of benzene rings is 2. The second-order valence-electron chi connectivity index (χ2n) is 6.12. The molecule has 0 saturated carbocycles. The molecule has 0 aliphatic heterocycles. The monoisotopic (exact) mass is 364 g/mol. The predicted octanol–water partition coefficient (Wildman–Crippen LogP) is 4.55. The first kappa shape index (κ1) is 17.9. The third-order valence-electron chi connectivity index (χ3n) is 4.14. The van der Waals surface area contributed by atoms with Crippen molar-refractivity contribution >= 4 is 28.8 Å². The number of hydrogen-bond acceptors (Lipinski definition) is 3. The van der Waals surface area contributed by atoms with Crippen molar-refractivity contribution < 1.29 is 9.59 Å². The summed E-state index contributed by atoms with van der Waals surface area (Å²) in [5, 5.41) is 9.37. The minimum Gasteiger partial charge on any atom is -0.348 e. The summed E-state index contributed by atoms with van der Waals surface area (Å²) in [5.74, 6) is -0.438. The maximum Gasteiger partial charge on any atom is 0.256 e. The Morgan fingerprint density at radius 3 is 2.54 bits per heavy atom. The van der Waals surface area contributed by atoms with Gasteiger partial charge in [-0.05, 0) is 48.6 Å². The van der Waals surface area contributed by atoms with Crippen LogP contribution in [0.3, 0.4) is 0 Å². The number of carbonyl (C=O) groups is 2. The molecule has 0 spiro atoms. The summed E-state index contributed by atoms with van der Waals surface area (Å²) in [6, 6.07) is 14.9. The summed E-state index contributed by atoms with van der Waals surface area (Å²) in [7, 11) is 0. The highest BCUT2D eigenvalue weighted by Crippen LogP contribution is 2.18. The van der Waals surface area contributed by atoms with Gasteiger partial charge in [-0.25, -0.2) is 0 Å². The average Bonchev–Trinajstić information content (AvgIpc) is 3.16. The number of amides is 2. The van der Waals surface area contributed by atoms with Gasteiger partial charge in [0.15, 0.2) is 0 Å². The fourth-order valence-corrected chi connectivity index (χ4v) is 3.33. The lowest BCUT2D eigenvalue weighted by atomic mass is 10.1. The van der Waals surface area contributed by atoms with Crippen molar-refractivity contribution in [1.82, 2.24) is 5.32 Å². The first-order chi connectivity index (χ1) is 12.5. The van der Waals surface area contributed by atoms with Gasteiger partial charge < -0.3 is 10.6 Å². The molecule has 0 saturated heterocycles. The normalized spacial score (nSPS) is 10.4. The lowest BCUT2D eigenvalue weighted by Crippen LogP contribution is -2.25. The molecule has 0 fully saturated rings. The zero-order valence-corrected chi connectivity index (χ0v) is 15.5. The second-order valence-corrected chi connectivity index (χ2v) is 6.90. The van der Waals surface area contributed by atoms with Gasteiger partial charge >= 0.3 is 0 Å². The van der Waals surface area contributed by atoms with Gasteiger partial charge in [0, 0.05) is 11.9 Å². The van der Waals surface area contributed by atoms with Crippen LogP contribution in [0.15, 0.2) is 59.3 Å². The van der Waals surface area contributed by atoms with E-state index >= 15 is 0 Å². The lowest BCUT2D eigenvalue weighted by Gasteiger charge is -2.12. The number of thiophene rings is 1. The van der Waals surface area contributed by atoms with Crippen LogP contribution in [-0.2, 0) is 6.54 Å². The third-order valence-corrected chi connectivity index (χ3v) is 4.82. The molecular weight excluding hydrogens is 344 g/mol. The molecule has 0 bridgehead atoms.